The number of halogens is 2. The van der Waals surface area contributed by atoms with Crippen molar-refractivity contribution in [3.8, 4) is 0 Å². The summed E-state index contributed by atoms with van der Waals surface area (Å²) in [6, 6.07) is 7.18. The van der Waals surface area contributed by atoms with E-state index in [0.717, 1.165) is 18.3 Å². The van der Waals surface area contributed by atoms with Crippen LogP contribution in [-0.2, 0) is 4.79 Å². The van der Waals surface area contributed by atoms with Crippen molar-refractivity contribution in [1.82, 2.24) is 10.3 Å². The molecule has 0 aliphatic heterocycles. The first-order chi connectivity index (χ1) is 9.99. The number of carboxylic acids is 1. The number of hydrogen-bond donors (Lipinski definition) is 2. The molecule has 5 nitrogen and oxygen atoms in total. The summed E-state index contributed by atoms with van der Waals surface area (Å²) in [5.74, 6) is -2.59. The third-order valence-electron chi connectivity index (χ3n) is 2.70. The van der Waals surface area contributed by atoms with Gasteiger partial charge in [-0.15, -0.1) is 0 Å². The molecule has 0 aliphatic carbocycles. The minimum absolute atomic E-state index is 0.0882. The Bertz CT molecular complexity index is 676. The average Bonchev–Trinajstić information content (AvgIpc) is 2.46. The maximum atomic E-state index is 12.8. The Morgan fingerprint density at radius 1 is 1.24 bits per heavy atom. The molecule has 0 bridgehead atoms. The first kappa shape index (κ1) is 14.9. The van der Waals surface area contributed by atoms with Gasteiger partial charge in [-0.2, -0.15) is 0 Å². The van der Waals surface area contributed by atoms with E-state index in [2.05, 4.69) is 10.3 Å². The highest BCUT2D eigenvalue weighted by molar-refractivity contribution is 6.31. The molecule has 2 N–H and O–H groups in total. The van der Waals surface area contributed by atoms with Crippen molar-refractivity contribution in [2.24, 2.45) is 0 Å². The number of amides is 1. The van der Waals surface area contributed by atoms with E-state index < -0.39 is 23.7 Å². The number of nitrogens with one attached hydrogen (secondary N) is 1. The Morgan fingerprint density at radius 3 is 2.52 bits per heavy atom. The smallest absolute Gasteiger partial charge is 0.330 e. The van der Waals surface area contributed by atoms with Crippen LogP contribution in [0.25, 0.3) is 0 Å². The maximum absolute atomic E-state index is 12.8. The molecule has 0 radical (unpaired) electrons. The highest BCUT2D eigenvalue weighted by Crippen LogP contribution is 2.23. The third-order valence-corrected chi connectivity index (χ3v) is 3.04. The monoisotopic (exact) mass is 308 g/mol. The highest BCUT2D eigenvalue weighted by Gasteiger charge is 2.25. The molecule has 2 rings (SSSR count). The third kappa shape index (κ3) is 3.55. The van der Waals surface area contributed by atoms with Gasteiger partial charge < -0.3 is 10.4 Å². The average molecular weight is 309 g/mol. The van der Waals surface area contributed by atoms with Gasteiger partial charge in [-0.3, -0.25) is 4.79 Å². The number of aromatic nitrogens is 1. The number of nitrogens with zero attached hydrogens (tertiary/aromatic N) is 1. The van der Waals surface area contributed by atoms with E-state index in [0.29, 0.717) is 0 Å². The highest BCUT2D eigenvalue weighted by atomic mass is 35.5. The van der Waals surface area contributed by atoms with Crippen LogP contribution in [0.4, 0.5) is 4.39 Å². The number of rotatable bonds is 4. The minimum atomic E-state index is -1.32. The van der Waals surface area contributed by atoms with Crippen molar-refractivity contribution in [1.29, 1.82) is 0 Å². The molecule has 7 heteroatoms. The van der Waals surface area contributed by atoms with Crippen molar-refractivity contribution >= 4 is 23.5 Å². The molecule has 21 heavy (non-hydrogen) atoms. The molecule has 0 fully saturated rings. The van der Waals surface area contributed by atoms with E-state index in [9.17, 15) is 19.1 Å². The van der Waals surface area contributed by atoms with Gasteiger partial charge in [0.05, 0.1) is 6.20 Å². The first-order valence-corrected chi connectivity index (χ1v) is 6.26. The lowest BCUT2D eigenvalue weighted by Crippen LogP contribution is -2.34. The van der Waals surface area contributed by atoms with E-state index >= 15 is 0 Å². The molecule has 1 aromatic heterocycles. The molecule has 0 spiro atoms. The summed E-state index contributed by atoms with van der Waals surface area (Å²) >= 11 is 5.93. The fourth-order valence-electron chi connectivity index (χ4n) is 1.70. The second-order valence-electron chi connectivity index (χ2n) is 4.13. The molecule has 108 valence electrons. The van der Waals surface area contributed by atoms with E-state index in [-0.39, 0.29) is 16.3 Å². The van der Waals surface area contributed by atoms with Gasteiger partial charge in [0, 0.05) is 10.6 Å². The summed E-state index contributed by atoms with van der Waals surface area (Å²) in [6.07, 6.45) is 0.875. The Hall–Kier alpha value is -2.47. The standard InChI is InChI=1S/C14H10ClFN2O3/c15-10-4-2-1-3-9(10)12(14(20)21)18-13(19)11-6-5-8(16)7-17-11/h1-7,12H,(H,18,19)(H,20,21)/t12-/m1/s1. The van der Waals surface area contributed by atoms with E-state index in [1.807, 2.05) is 0 Å². The van der Waals surface area contributed by atoms with Crippen molar-refractivity contribution < 1.29 is 19.1 Å². The molecule has 1 atom stereocenters. The molecule has 0 aliphatic rings. The number of carboxylic acid groups (broad SMARTS) is 1. The van der Waals surface area contributed by atoms with Crippen LogP contribution in [0.15, 0.2) is 42.6 Å². The van der Waals surface area contributed by atoms with Crippen LogP contribution in [0, 0.1) is 5.82 Å². The second kappa shape index (κ2) is 6.32. The zero-order valence-corrected chi connectivity index (χ0v) is 11.3. The summed E-state index contributed by atoms with van der Waals surface area (Å²) < 4.78 is 12.8. The number of hydrogen-bond acceptors (Lipinski definition) is 3. The molecule has 2 aromatic rings. The first-order valence-electron chi connectivity index (χ1n) is 5.88. The topological polar surface area (TPSA) is 79.3 Å². The van der Waals surface area contributed by atoms with Crippen molar-refractivity contribution in [3.05, 3.63) is 64.7 Å². The molecule has 0 saturated carbocycles. The molecule has 0 saturated heterocycles. The van der Waals surface area contributed by atoms with Gasteiger partial charge >= 0.3 is 5.97 Å². The van der Waals surface area contributed by atoms with Gasteiger partial charge in [0.1, 0.15) is 11.5 Å². The molecule has 1 amide bonds. The summed E-state index contributed by atoms with van der Waals surface area (Å²) in [6.45, 7) is 0. The SMILES string of the molecule is O=C(N[C@@H](C(=O)O)c1ccccc1Cl)c1ccc(F)cn1. The Kier molecular flexibility index (Phi) is 4.49. The number of carbonyl (C=O) groups is 2. The van der Waals surface area contributed by atoms with Crippen LogP contribution in [0.1, 0.15) is 22.1 Å². The number of aliphatic carboxylic acids is 1. The summed E-state index contributed by atoms with van der Waals surface area (Å²) in [5.41, 5.74) is 0.164. The predicted octanol–water partition coefficient (Wildman–Crippen LogP) is 2.43. The Morgan fingerprint density at radius 2 is 1.95 bits per heavy atom. The summed E-state index contributed by atoms with van der Waals surface area (Å²) in [4.78, 5) is 26.9. The molecule has 1 heterocycles. The van der Waals surface area contributed by atoms with Gasteiger partial charge in [-0.25, -0.2) is 14.2 Å². The predicted molar refractivity (Wildman–Crippen MR) is 73.5 cm³/mol. The second-order valence-corrected chi connectivity index (χ2v) is 4.54. The van der Waals surface area contributed by atoms with Gasteiger partial charge in [-0.1, -0.05) is 29.8 Å². The van der Waals surface area contributed by atoms with Crippen LogP contribution in [0.5, 0.6) is 0 Å². The number of carbonyl (C=O) groups excluding carboxylic acids is 1. The summed E-state index contributed by atoms with van der Waals surface area (Å²) in [7, 11) is 0. The van der Waals surface area contributed by atoms with Crippen LogP contribution >= 0.6 is 11.6 Å². The number of benzene rings is 1. The van der Waals surface area contributed by atoms with Crippen LogP contribution in [0.2, 0.25) is 5.02 Å². The normalized spacial score (nSPS) is 11.7. The molecule has 0 unspecified atom stereocenters. The molecule has 1 aromatic carbocycles. The van der Waals surface area contributed by atoms with E-state index in [4.69, 9.17) is 11.6 Å². The maximum Gasteiger partial charge on any atom is 0.330 e. The lowest BCUT2D eigenvalue weighted by atomic mass is 10.1. The van der Waals surface area contributed by atoms with Crippen molar-refractivity contribution in [2.45, 2.75) is 6.04 Å². The van der Waals surface area contributed by atoms with Gasteiger partial charge in [-0.05, 0) is 18.2 Å². The molecular formula is C14H10ClFN2O3. The zero-order chi connectivity index (χ0) is 15.4. The lowest BCUT2D eigenvalue weighted by molar-refractivity contribution is -0.139. The van der Waals surface area contributed by atoms with Gasteiger partial charge in [0.2, 0.25) is 0 Å². The Labute approximate surface area is 124 Å². The van der Waals surface area contributed by atoms with Gasteiger partial charge in [0.15, 0.2) is 6.04 Å². The number of pyridine rings is 1. The summed E-state index contributed by atoms with van der Waals surface area (Å²) in [5, 5.41) is 11.8. The fraction of sp³-hybridized carbons (Fsp3) is 0.0714. The van der Waals surface area contributed by atoms with Crippen LogP contribution in [0.3, 0.4) is 0 Å². The minimum Gasteiger partial charge on any atom is -0.479 e. The van der Waals surface area contributed by atoms with Crippen molar-refractivity contribution in [2.75, 3.05) is 0 Å². The van der Waals surface area contributed by atoms with E-state index in [1.165, 1.54) is 12.1 Å². The van der Waals surface area contributed by atoms with Crippen LogP contribution < -0.4 is 5.32 Å². The quantitative estimate of drug-likeness (QED) is 0.909. The molecular weight excluding hydrogens is 299 g/mol. The van der Waals surface area contributed by atoms with Gasteiger partial charge in [0.25, 0.3) is 5.91 Å². The zero-order valence-electron chi connectivity index (χ0n) is 10.6. The fourth-order valence-corrected chi connectivity index (χ4v) is 1.94. The Balaban J connectivity index is 2.25. The van der Waals surface area contributed by atoms with Crippen molar-refractivity contribution in [3.63, 3.8) is 0 Å². The van der Waals surface area contributed by atoms with Crippen LogP contribution in [-0.4, -0.2) is 22.0 Å². The lowest BCUT2D eigenvalue weighted by Gasteiger charge is -2.15. The van der Waals surface area contributed by atoms with E-state index in [1.54, 1.807) is 12.1 Å². The largest absolute Gasteiger partial charge is 0.479 e.